The molecule has 0 aromatic carbocycles. The summed E-state index contributed by atoms with van der Waals surface area (Å²) in [6.45, 7) is 3.14. The Balaban J connectivity index is -0.000000104. The molecule has 42 heavy (non-hydrogen) atoms. The molecule has 2 aromatic heterocycles. The van der Waals surface area contributed by atoms with Crippen molar-refractivity contribution in [2.24, 2.45) is 0 Å². The number of carbonyl (C=O) groups excluding carboxylic acids is 2. The van der Waals surface area contributed by atoms with E-state index in [1.807, 2.05) is 0 Å². The second-order valence-corrected chi connectivity index (χ2v) is 8.66. The SMILES string of the molecule is CC1(C)C(=O)N(Br)C(=O)N1Cl.O=c1[n-]c(=O)n(Cl)c(=O)n1Cl.O=c1n(Cl)c(=O)n(Cl)c(=O)n1Cl.[Br-].[Ca+2].[Na+].[Na+].[O-]Cl.[O-]Cl. The standard InChI is InChI=1S/C5H6BrClN2O2.C3Cl3N3O3.C3HCl2N3O3.BrH.Ca.2ClO.2Na/c1-5(2)3(10)8(6)4(11)9(5)7;4-7-1(10)8(5)3(12)9(6)2(7)11;4-7-1(9)6-2(10)8(5)3(7)11;;;2*1-2;;/h1-2H3;;(H,6,9,10);1H;;;;;/q;;;;+2;2*-1;2*+1/p-2. The van der Waals surface area contributed by atoms with Gasteiger partial charge in [0, 0.05) is 47.1 Å². The molecular formula is C11H6Br2CaCl8N8Na2O10. The van der Waals surface area contributed by atoms with Crippen LogP contribution in [-0.2, 0) is 4.79 Å². The Hall–Kier alpha value is 2.22. The van der Waals surface area contributed by atoms with Crippen LogP contribution in [-0.4, -0.2) is 84.0 Å². The van der Waals surface area contributed by atoms with Gasteiger partial charge in [0.15, 0.2) is 0 Å². The summed E-state index contributed by atoms with van der Waals surface area (Å²) in [7, 11) is 0. The second kappa shape index (κ2) is 26.2. The van der Waals surface area contributed by atoms with Gasteiger partial charge in [0.1, 0.15) is 5.54 Å². The minimum absolute atomic E-state index is 0. The molecule has 31 heteroatoms. The zero-order valence-corrected chi connectivity index (χ0v) is 36.1. The Morgan fingerprint density at radius 1 is 0.619 bits per heavy atom. The van der Waals surface area contributed by atoms with Gasteiger partial charge < -0.3 is 26.3 Å². The number of urea groups is 1. The second-order valence-electron chi connectivity index (χ2n) is 5.92. The third-order valence-corrected chi connectivity index (χ3v) is 6.04. The number of aromatic nitrogens is 6. The Kier molecular flexibility index (Phi) is 35.3. The number of nitrogens with zero attached hydrogens (tertiary/aromatic N) is 8. The third kappa shape index (κ3) is 14.5. The van der Waals surface area contributed by atoms with Crippen molar-refractivity contribution in [3.63, 3.8) is 0 Å². The molecule has 0 aliphatic carbocycles. The molecule has 1 saturated heterocycles. The Labute approximate surface area is 365 Å². The van der Waals surface area contributed by atoms with E-state index in [2.05, 4.69) is 44.9 Å². The molecule has 2 aromatic rings. The van der Waals surface area contributed by atoms with Crippen LogP contribution < -0.4 is 125 Å². The molecule has 1 aliphatic rings. The minimum atomic E-state index is -1.16. The van der Waals surface area contributed by atoms with Gasteiger partial charge in [0.25, 0.3) is 5.91 Å². The van der Waals surface area contributed by atoms with Gasteiger partial charge in [-0.25, -0.2) is 55.5 Å². The van der Waals surface area contributed by atoms with Crippen LogP contribution in [0.5, 0.6) is 0 Å². The van der Waals surface area contributed by atoms with Crippen molar-refractivity contribution in [1.82, 2.24) is 33.8 Å². The molecule has 0 bridgehead atoms. The fourth-order valence-electron chi connectivity index (χ4n) is 1.61. The molecule has 1 aliphatic heterocycles. The molecule has 0 N–H and O–H groups in total. The molecule has 3 amide bonds. The van der Waals surface area contributed by atoms with Crippen molar-refractivity contribution in [3.05, 3.63) is 62.9 Å². The summed E-state index contributed by atoms with van der Waals surface area (Å²) in [6, 6.07) is -0.554. The molecule has 3 heterocycles. The van der Waals surface area contributed by atoms with Crippen LogP contribution in [0.4, 0.5) is 4.79 Å². The molecule has 0 unspecified atom stereocenters. The van der Waals surface area contributed by atoms with Crippen molar-refractivity contribution >= 4 is 160 Å². The first-order valence-corrected chi connectivity index (χ1v) is 11.3. The fraction of sp³-hybridized carbons (Fsp3) is 0.273. The van der Waals surface area contributed by atoms with Gasteiger partial charge in [-0.3, -0.25) is 24.2 Å². The van der Waals surface area contributed by atoms with Gasteiger partial charge in [-0.1, -0.05) is 23.6 Å². The fourth-order valence-corrected chi connectivity index (χ4v) is 3.28. The average molecular weight is 940 g/mol. The van der Waals surface area contributed by atoms with E-state index in [9.17, 15) is 38.4 Å². The van der Waals surface area contributed by atoms with Crippen LogP contribution in [0.2, 0.25) is 0 Å². The molecule has 1 fully saturated rings. The van der Waals surface area contributed by atoms with E-state index in [1.165, 1.54) is 0 Å². The van der Waals surface area contributed by atoms with Crippen LogP contribution in [0.25, 0.3) is 0 Å². The van der Waals surface area contributed by atoms with Crippen LogP contribution >= 0.6 is 111 Å². The van der Waals surface area contributed by atoms with Gasteiger partial charge in [0.2, 0.25) is 17.1 Å². The van der Waals surface area contributed by atoms with Crippen LogP contribution in [0.15, 0.2) is 28.8 Å². The zero-order valence-electron chi connectivity index (χ0n) is 20.6. The smallest absolute Gasteiger partial charge is 1.00 e. The quantitative estimate of drug-likeness (QED) is 0.137. The molecule has 0 saturated carbocycles. The minimum Gasteiger partial charge on any atom is -1.00 e. The molecule has 18 nitrogen and oxygen atoms in total. The van der Waals surface area contributed by atoms with E-state index in [-0.39, 0.29) is 140 Å². The van der Waals surface area contributed by atoms with Crippen molar-refractivity contribution in [3.8, 4) is 0 Å². The Morgan fingerprint density at radius 2 is 0.857 bits per heavy atom. The monoisotopic (exact) mass is 934 g/mol. The molecule has 0 atom stereocenters. The summed E-state index contributed by atoms with van der Waals surface area (Å²) < 4.78 is 17.6. The van der Waals surface area contributed by atoms with Crippen LogP contribution in [0.3, 0.4) is 0 Å². The summed E-state index contributed by atoms with van der Waals surface area (Å²) in [6.07, 6.45) is 0. The van der Waals surface area contributed by atoms with Crippen molar-refractivity contribution in [2.75, 3.05) is 0 Å². The van der Waals surface area contributed by atoms with Crippen molar-refractivity contribution in [1.29, 1.82) is 0 Å². The van der Waals surface area contributed by atoms with E-state index < -0.39 is 45.7 Å². The maximum atomic E-state index is 11.2. The van der Waals surface area contributed by atoms with Gasteiger partial charge in [0.05, 0.1) is 16.1 Å². The largest absolute Gasteiger partial charge is 2.00 e. The number of imide groups is 1. The van der Waals surface area contributed by atoms with Crippen LogP contribution in [0, 0.1) is 0 Å². The molecule has 0 spiro atoms. The molecule has 0 radical (unpaired) electrons. The Morgan fingerprint density at radius 3 is 1.02 bits per heavy atom. The maximum absolute atomic E-state index is 11.2. The first-order chi connectivity index (χ1) is 17.4. The van der Waals surface area contributed by atoms with Gasteiger partial charge in [-0.05, 0) is 13.8 Å². The first kappa shape index (κ1) is 56.5. The average Bonchev–Trinajstić information content (AvgIpc) is 3.04. The Bertz CT molecular complexity index is 1390. The molecule has 3 rings (SSSR count). The first-order valence-electron chi connectivity index (χ1n) is 7.95. The van der Waals surface area contributed by atoms with E-state index in [0.29, 0.717) is 0 Å². The van der Waals surface area contributed by atoms with Gasteiger partial charge in [-0.2, -0.15) is 3.93 Å². The summed E-state index contributed by atoms with van der Waals surface area (Å²) in [5.74, 6) is -0.363. The molecular weight excluding hydrogens is 934 g/mol. The zero-order chi connectivity index (χ0) is 30.9. The van der Waals surface area contributed by atoms with Crippen molar-refractivity contribution < 1.29 is 95.0 Å². The summed E-state index contributed by atoms with van der Waals surface area (Å²) in [5, 5.41) is 0. The van der Waals surface area contributed by atoms with Crippen LogP contribution in [0.1, 0.15) is 13.8 Å². The van der Waals surface area contributed by atoms with Gasteiger partial charge >= 0.3 is 120 Å². The van der Waals surface area contributed by atoms with Crippen molar-refractivity contribution in [2.45, 2.75) is 19.4 Å². The normalized spacial score (nSPS) is 11.9. The van der Waals surface area contributed by atoms with E-state index in [0.717, 1.165) is 8.34 Å². The number of hydrogen-bond acceptors (Lipinski definition) is 10. The van der Waals surface area contributed by atoms with E-state index in [1.54, 1.807) is 13.8 Å². The third-order valence-electron chi connectivity index (χ3n) is 3.40. The maximum Gasteiger partial charge on any atom is 2.00 e. The number of carbonyl (C=O) groups is 2. The predicted molar refractivity (Wildman–Crippen MR) is 140 cm³/mol. The van der Waals surface area contributed by atoms with E-state index >= 15 is 0 Å². The summed E-state index contributed by atoms with van der Waals surface area (Å²) in [4.78, 5) is 88.8. The topological polar surface area (TPSA) is 228 Å². The number of amides is 3. The number of halogens is 10. The number of rotatable bonds is 0. The van der Waals surface area contributed by atoms with E-state index in [4.69, 9.17) is 80.0 Å². The number of hydrogen-bond donors (Lipinski definition) is 0. The summed E-state index contributed by atoms with van der Waals surface area (Å²) >= 11 is 40.5. The predicted octanol–water partition coefficient (Wildman–Crippen LogP) is -11.4. The van der Waals surface area contributed by atoms with Gasteiger partial charge in [-0.15, -0.1) is 12.3 Å². The summed E-state index contributed by atoms with van der Waals surface area (Å²) in [5.41, 5.74) is -7.85. The molecule has 224 valence electrons.